The zero-order valence-corrected chi connectivity index (χ0v) is 17.8. The van der Waals surface area contributed by atoms with Gasteiger partial charge < -0.3 is 25.1 Å². The summed E-state index contributed by atoms with van der Waals surface area (Å²) in [5.74, 6) is 1.41. The first-order chi connectivity index (χ1) is 15.7. The maximum Gasteiger partial charge on any atom is 0.255 e. The zero-order chi connectivity index (χ0) is 21.9. The minimum atomic E-state index is -0.133. The third-order valence-corrected chi connectivity index (χ3v) is 6.04. The zero-order valence-electron chi connectivity index (χ0n) is 17.8. The standard InChI is InChI=1S/C25H26N4O3/c26-16-20-13-21(4-5-22(20)27-8-12-28-9-1-2-10-28)29-11-7-19(15-25(29)30)18-3-6-23-24(14-18)32-17-31-23/h3-7,11,13-16,26-27H,1-2,8-10,12,17H2. The number of anilines is 1. The molecule has 1 saturated heterocycles. The van der Waals surface area contributed by atoms with Crippen LogP contribution in [0, 0.1) is 5.41 Å². The highest BCUT2D eigenvalue weighted by Gasteiger charge is 2.15. The molecule has 5 rings (SSSR count). The van der Waals surface area contributed by atoms with E-state index in [1.54, 1.807) is 16.8 Å². The third-order valence-electron chi connectivity index (χ3n) is 6.04. The monoisotopic (exact) mass is 430 g/mol. The number of nitrogens with one attached hydrogen (secondary N) is 2. The normalized spacial score (nSPS) is 15.1. The van der Waals surface area contributed by atoms with Crippen LogP contribution >= 0.6 is 0 Å². The Labute approximate surface area is 186 Å². The average molecular weight is 431 g/mol. The van der Waals surface area contributed by atoms with Crippen LogP contribution in [-0.4, -0.2) is 48.7 Å². The molecular formula is C25H26N4O3. The molecule has 7 nitrogen and oxygen atoms in total. The largest absolute Gasteiger partial charge is 0.454 e. The van der Waals surface area contributed by atoms with Gasteiger partial charge >= 0.3 is 0 Å². The lowest BCUT2D eigenvalue weighted by Crippen LogP contribution is -2.26. The summed E-state index contributed by atoms with van der Waals surface area (Å²) >= 11 is 0. The highest BCUT2D eigenvalue weighted by molar-refractivity contribution is 5.86. The van der Waals surface area contributed by atoms with Gasteiger partial charge in [-0.3, -0.25) is 9.36 Å². The van der Waals surface area contributed by atoms with Crippen LogP contribution in [0.2, 0.25) is 0 Å². The van der Waals surface area contributed by atoms with E-state index in [9.17, 15) is 4.79 Å². The van der Waals surface area contributed by atoms with Gasteiger partial charge in [0.05, 0.1) is 0 Å². The van der Waals surface area contributed by atoms with Crippen molar-refractivity contribution in [3.8, 4) is 28.3 Å². The fraction of sp³-hybridized carbons (Fsp3) is 0.280. The van der Waals surface area contributed by atoms with Crippen molar-refractivity contribution in [2.75, 3.05) is 38.3 Å². The van der Waals surface area contributed by atoms with E-state index in [2.05, 4.69) is 10.2 Å². The summed E-state index contributed by atoms with van der Waals surface area (Å²) < 4.78 is 12.4. The van der Waals surface area contributed by atoms with Crippen molar-refractivity contribution in [3.63, 3.8) is 0 Å². The van der Waals surface area contributed by atoms with Crippen LogP contribution in [-0.2, 0) is 0 Å². The van der Waals surface area contributed by atoms with E-state index in [1.165, 1.54) is 32.1 Å². The summed E-state index contributed by atoms with van der Waals surface area (Å²) in [5, 5.41) is 11.3. The van der Waals surface area contributed by atoms with E-state index in [4.69, 9.17) is 14.9 Å². The van der Waals surface area contributed by atoms with Crippen LogP contribution in [0.1, 0.15) is 18.4 Å². The van der Waals surface area contributed by atoms with Crippen molar-refractivity contribution in [1.82, 2.24) is 9.47 Å². The lowest BCUT2D eigenvalue weighted by atomic mass is 10.1. The van der Waals surface area contributed by atoms with Crippen LogP contribution in [0.3, 0.4) is 0 Å². The smallest absolute Gasteiger partial charge is 0.255 e. The van der Waals surface area contributed by atoms with Gasteiger partial charge in [0, 0.05) is 48.5 Å². The summed E-state index contributed by atoms with van der Waals surface area (Å²) in [5.41, 5.74) is 3.98. The Morgan fingerprint density at radius 1 is 0.969 bits per heavy atom. The number of aromatic nitrogens is 1. The van der Waals surface area contributed by atoms with Crippen LogP contribution in [0.5, 0.6) is 11.5 Å². The summed E-state index contributed by atoms with van der Waals surface area (Å²) in [6.07, 6.45) is 5.66. The maximum atomic E-state index is 12.9. The molecule has 0 atom stereocenters. The average Bonchev–Trinajstić information content (AvgIpc) is 3.51. The minimum absolute atomic E-state index is 0.133. The molecule has 0 radical (unpaired) electrons. The molecule has 0 aliphatic carbocycles. The van der Waals surface area contributed by atoms with Crippen molar-refractivity contribution in [3.05, 3.63) is 70.6 Å². The minimum Gasteiger partial charge on any atom is -0.454 e. The number of pyridine rings is 1. The number of hydrogen-bond donors (Lipinski definition) is 2. The number of benzene rings is 2. The van der Waals surface area contributed by atoms with E-state index < -0.39 is 0 Å². The second kappa shape index (κ2) is 8.88. The first kappa shape index (κ1) is 20.3. The maximum absolute atomic E-state index is 12.9. The highest BCUT2D eigenvalue weighted by Crippen LogP contribution is 2.35. The van der Waals surface area contributed by atoms with Crippen LogP contribution < -0.4 is 20.3 Å². The first-order valence-electron chi connectivity index (χ1n) is 11.0. The second-order valence-electron chi connectivity index (χ2n) is 8.08. The Kier molecular flexibility index (Phi) is 5.64. The molecule has 7 heteroatoms. The van der Waals surface area contributed by atoms with Crippen LogP contribution in [0.4, 0.5) is 5.69 Å². The predicted molar refractivity (Wildman–Crippen MR) is 126 cm³/mol. The molecule has 3 heterocycles. The van der Waals surface area contributed by atoms with Gasteiger partial charge in [0.25, 0.3) is 5.56 Å². The number of likely N-dealkylation sites (tertiary alicyclic amines) is 1. The van der Waals surface area contributed by atoms with Crippen molar-refractivity contribution in [1.29, 1.82) is 5.41 Å². The Hall–Kier alpha value is -3.58. The van der Waals surface area contributed by atoms with Gasteiger partial charge in [-0.1, -0.05) is 6.07 Å². The molecule has 3 aromatic rings. The molecule has 2 aromatic carbocycles. The number of fused-ring (bicyclic) bond motifs is 1. The summed E-state index contributed by atoms with van der Waals surface area (Å²) in [6.45, 7) is 4.40. The highest BCUT2D eigenvalue weighted by atomic mass is 16.7. The molecular weight excluding hydrogens is 404 g/mol. The Morgan fingerprint density at radius 2 is 1.78 bits per heavy atom. The fourth-order valence-corrected chi connectivity index (χ4v) is 4.28. The predicted octanol–water partition coefficient (Wildman–Crippen LogP) is 3.74. The van der Waals surface area contributed by atoms with E-state index in [0.717, 1.165) is 46.9 Å². The molecule has 2 N–H and O–H groups in total. The van der Waals surface area contributed by atoms with E-state index in [1.807, 2.05) is 42.5 Å². The number of hydrogen-bond acceptors (Lipinski definition) is 6. The molecule has 32 heavy (non-hydrogen) atoms. The lowest BCUT2D eigenvalue weighted by molar-refractivity contribution is 0.174. The van der Waals surface area contributed by atoms with Gasteiger partial charge in [0.2, 0.25) is 6.79 Å². The molecule has 0 unspecified atom stereocenters. The molecule has 2 aliphatic heterocycles. The number of rotatable bonds is 7. The van der Waals surface area contributed by atoms with E-state index in [0.29, 0.717) is 5.75 Å². The van der Waals surface area contributed by atoms with E-state index >= 15 is 0 Å². The molecule has 0 amide bonds. The van der Waals surface area contributed by atoms with Gasteiger partial charge in [0.1, 0.15) is 0 Å². The summed E-state index contributed by atoms with van der Waals surface area (Å²) in [4.78, 5) is 15.3. The van der Waals surface area contributed by atoms with Gasteiger partial charge in [0.15, 0.2) is 11.5 Å². The Balaban J connectivity index is 1.34. The van der Waals surface area contributed by atoms with Crippen LogP contribution in [0.25, 0.3) is 16.8 Å². The van der Waals surface area contributed by atoms with E-state index in [-0.39, 0.29) is 12.4 Å². The number of nitrogens with zero attached hydrogens (tertiary/aromatic N) is 2. The fourth-order valence-electron chi connectivity index (χ4n) is 4.28. The molecule has 1 fully saturated rings. The summed E-state index contributed by atoms with van der Waals surface area (Å²) in [7, 11) is 0. The molecule has 2 aliphatic rings. The van der Waals surface area contributed by atoms with Gasteiger partial charge in [-0.15, -0.1) is 0 Å². The SMILES string of the molecule is N=Cc1cc(-n2ccc(-c3ccc4c(c3)OCO4)cc2=O)ccc1NCCN1CCCC1. The topological polar surface area (TPSA) is 79.6 Å². The van der Waals surface area contributed by atoms with Crippen molar-refractivity contribution in [2.24, 2.45) is 0 Å². The quantitative estimate of drug-likeness (QED) is 0.559. The van der Waals surface area contributed by atoms with Crippen molar-refractivity contribution < 1.29 is 9.47 Å². The van der Waals surface area contributed by atoms with Gasteiger partial charge in [-0.2, -0.15) is 0 Å². The Bertz CT molecular complexity index is 1200. The van der Waals surface area contributed by atoms with Gasteiger partial charge in [-0.05, 0) is 73.5 Å². The number of ether oxygens (including phenoxy) is 2. The lowest BCUT2D eigenvalue weighted by Gasteiger charge is -2.17. The molecule has 0 saturated carbocycles. The Morgan fingerprint density at radius 3 is 2.59 bits per heavy atom. The third kappa shape index (κ3) is 4.11. The van der Waals surface area contributed by atoms with Crippen molar-refractivity contribution >= 4 is 11.9 Å². The summed E-state index contributed by atoms with van der Waals surface area (Å²) in [6, 6.07) is 14.9. The van der Waals surface area contributed by atoms with Crippen LogP contribution in [0.15, 0.2) is 59.5 Å². The van der Waals surface area contributed by atoms with Gasteiger partial charge in [-0.25, -0.2) is 0 Å². The molecule has 0 bridgehead atoms. The second-order valence-corrected chi connectivity index (χ2v) is 8.08. The molecule has 164 valence electrons. The molecule has 0 spiro atoms. The molecule has 1 aromatic heterocycles. The first-order valence-corrected chi connectivity index (χ1v) is 11.0. The van der Waals surface area contributed by atoms with Crippen molar-refractivity contribution in [2.45, 2.75) is 12.8 Å².